The number of rotatable bonds is 2. The van der Waals surface area contributed by atoms with Gasteiger partial charge in [-0.2, -0.15) is 0 Å². The molecule has 2 rings (SSSR count). The van der Waals surface area contributed by atoms with Gasteiger partial charge in [-0.15, -0.1) is 6.42 Å². The zero-order valence-corrected chi connectivity index (χ0v) is 8.58. The highest BCUT2D eigenvalue weighted by Gasteiger charge is 2.10. The van der Waals surface area contributed by atoms with Gasteiger partial charge in [0.1, 0.15) is 0 Å². The van der Waals surface area contributed by atoms with E-state index >= 15 is 0 Å². The van der Waals surface area contributed by atoms with Crippen LogP contribution >= 0.6 is 0 Å². The number of nitrogen functional groups attached to an aromatic ring is 1. The van der Waals surface area contributed by atoms with Gasteiger partial charge in [0.2, 0.25) is 0 Å². The summed E-state index contributed by atoms with van der Waals surface area (Å²) in [5, 5.41) is 3.41. The summed E-state index contributed by atoms with van der Waals surface area (Å²) in [7, 11) is 0. The van der Waals surface area contributed by atoms with Gasteiger partial charge in [0.15, 0.2) is 0 Å². The SMILES string of the molecule is C#CCNC(=O)c1c[nH]c2ccc(N)cc12. The lowest BCUT2D eigenvalue weighted by Gasteiger charge is -2.00. The second-order valence-electron chi connectivity index (χ2n) is 3.39. The van der Waals surface area contributed by atoms with Crippen LogP contribution in [0, 0.1) is 12.3 Å². The van der Waals surface area contributed by atoms with Crippen LogP contribution in [-0.2, 0) is 0 Å². The van der Waals surface area contributed by atoms with Crippen molar-refractivity contribution in [1.29, 1.82) is 0 Å². The van der Waals surface area contributed by atoms with Crippen molar-refractivity contribution in [2.24, 2.45) is 0 Å². The maximum absolute atomic E-state index is 11.7. The third-order valence-corrected chi connectivity index (χ3v) is 2.30. The molecular formula is C12H11N3O. The summed E-state index contributed by atoms with van der Waals surface area (Å²) in [5.41, 5.74) is 7.73. The number of hydrogen-bond acceptors (Lipinski definition) is 2. The molecular weight excluding hydrogens is 202 g/mol. The summed E-state index contributed by atoms with van der Waals surface area (Å²) < 4.78 is 0. The third kappa shape index (κ3) is 1.71. The summed E-state index contributed by atoms with van der Waals surface area (Å²) in [6.07, 6.45) is 6.72. The number of fused-ring (bicyclic) bond motifs is 1. The minimum atomic E-state index is -0.199. The second-order valence-corrected chi connectivity index (χ2v) is 3.39. The van der Waals surface area contributed by atoms with Crippen LogP contribution < -0.4 is 11.1 Å². The number of amides is 1. The van der Waals surface area contributed by atoms with E-state index in [0.29, 0.717) is 11.3 Å². The van der Waals surface area contributed by atoms with Gasteiger partial charge in [-0.1, -0.05) is 5.92 Å². The van der Waals surface area contributed by atoms with Crippen LogP contribution in [0.5, 0.6) is 0 Å². The van der Waals surface area contributed by atoms with Crippen LogP contribution in [0.15, 0.2) is 24.4 Å². The Balaban J connectivity index is 2.41. The first-order valence-electron chi connectivity index (χ1n) is 4.80. The minimum Gasteiger partial charge on any atom is -0.399 e. The summed E-state index contributed by atoms with van der Waals surface area (Å²) in [5.74, 6) is 2.15. The maximum atomic E-state index is 11.7. The van der Waals surface area contributed by atoms with Crippen molar-refractivity contribution >= 4 is 22.5 Å². The maximum Gasteiger partial charge on any atom is 0.254 e. The van der Waals surface area contributed by atoms with E-state index in [1.54, 1.807) is 18.3 Å². The van der Waals surface area contributed by atoms with Crippen LogP contribution in [0.3, 0.4) is 0 Å². The number of aromatic amines is 1. The smallest absolute Gasteiger partial charge is 0.254 e. The second kappa shape index (κ2) is 3.99. The molecule has 0 aliphatic carbocycles. The Labute approximate surface area is 92.8 Å². The topological polar surface area (TPSA) is 70.9 Å². The molecule has 1 aromatic heterocycles. The van der Waals surface area contributed by atoms with Crippen molar-refractivity contribution in [3.8, 4) is 12.3 Å². The van der Waals surface area contributed by atoms with Crippen LogP contribution in [-0.4, -0.2) is 17.4 Å². The van der Waals surface area contributed by atoms with E-state index in [1.807, 2.05) is 6.07 Å². The van der Waals surface area contributed by atoms with Crippen molar-refractivity contribution in [3.63, 3.8) is 0 Å². The molecule has 0 bridgehead atoms. The van der Waals surface area contributed by atoms with Crippen molar-refractivity contribution in [1.82, 2.24) is 10.3 Å². The highest BCUT2D eigenvalue weighted by molar-refractivity contribution is 6.07. The fourth-order valence-corrected chi connectivity index (χ4v) is 1.55. The molecule has 1 aromatic carbocycles. The number of nitrogens with one attached hydrogen (secondary N) is 2. The van der Waals surface area contributed by atoms with Crippen LogP contribution in [0.1, 0.15) is 10.4 Å². The van der Waals surface area contributed by atoms with E-state index in [4.69, 9.17) is 12.2 Å². The number of H-pyrrole nitrogens is 1. The first kappa shape index (κ1) is 10.1. The van der Waals surface area contributed by atoms with Gasteiger partial charge in [0.05, 0.1) is 12.1 Å². The Bertz CT molecular complexity index is 577. The Morgan fingerprint density at radius 3 is 3.12 bits per heavy atom. The van der Waals surface area contributed by atoms with E-state index < -0.39 is 0 Å². The number of terminal acetylenes is 1. The van der Waals surface area contributed by atoms with E-state index in [2.05, 4.69) is 16.2 Å². The molecule has 0 fully saturated rings. The van der Waals surface area contributed by atoms with Gasteiger partial charge in [0, 0.05) is 22.8 Å². The Hall–Kier alpha value is -2.41. The standard InChI is InChI=1S/C12H11N3O/c1-2-5-14-12(16)10-7-15-11-4-3-8(13)6-9(10)11/h1,3-4,6-7,15H,5,13H2,(H,14,16). The van der Waals surface area contributed by atoms with E-state index in [1.165, 1.54) is 0 Å². The van der Waals surface area contributed by atoms with Crippen molar-refractivity contribution < 1.29 is 4.79 Å². The molecule has 0 saturated carbocycles. The first-order chi connectivity index (χ1) is 7.72. The molecule has 1 heterocycles. The lowest BCUT2D eigenvalue weighted by atomic mass is 10.1. The fourth-order valence-electron chi connectivity index (χ4n) is 1.55. The van der Waals surface area contributed by atoms with Crippen LogP contribution in [0.2, 0.25) is 0 Å². The van der Waals surface area contributed by atoms with E-state index in [0.717, 1.165) is 10.9 Å². The summed E-state index contributed by atoms with van der Waals surface area (Å²) in [6.45, 7) is 0.216. The highest BCUT2D eigenvalue weighted by Crippen LogP contribution is 2.20. The molecule has 0 aliphatic heterocycles. The summed E-state index contributed by atoms with van der Waals surface area (Å²) in [6, 6.07) is 5.38. The average molecular weight is 213 g/mol. The fraction of sp³-hybridized carbons (Fsp3) is 0.0833. The quantitative estimate of drug-likeness (QED) is 0.516. The molecule has 0 radical (unpaired) electrons. The Kier molecular flexibility index (Phi) is 2.52. The first-order valence-corrected chi connectivity index (χ1v) is 4.80. The van der Waals surface area contributed by atoms with E-state index in [-0.39, 0.29) is 12.5 Å². The molecule has 1 amide bonds. The molecule has 0 saturated heterocycles. The van der Waals surface area contributed by atoms with Gasteiger partial charge < -0.3 is 16.0 Å². The Morgan fingerprint density at radius 1 is 1.56 bits per heavy atom. The molecule has 4 N–H and O–H groups in total. The average Bonchev–Trinajstić information content (AvgIpc) is 2.68. The minimum absolute atomic E-state index is 0.199. The predicted octanol–water partition coefficient (Wildman–Crippen LogP) is 1.11. The molecule has 0 aliphatic rings. The zero-order valence-electron chi connectivity index (χ0n) is 8.58. The molecule has 4 heteroatoms. The number of carbonyl (C=O) groups is 1. The summed E-state index contributed by atoms with van der Waals surface area (Å²) in [4.78, 5) is 14.7. The molecule has 16 heavy (non-hydrogen) atoms. The lowest BCUT2D eigenvalue weighted by Crippen LogP contribution is -2.23. The number of benzene rings is 1. The van der Waals surface area contributed by atoms with Gasteiger partial charge in [-0.3, -0.25) is 4.79 Å². The number of nitrogens with two attached hydrogens (primary N) is 1. The highest BCUT2D eigenvalue weighted by atomic mass is 16.1. The monoisotopic (exact) mass is 213 g/mol. The van der Waals surface area contributed by atoms with E-state index in [9.17, 15) is 4.79 Å². The largest absolute Gasteiger partial charge is 0.399 e. The molecule has 0 atom stereocenters. The molecule has 0 spiro atoms. The molecule has 0 unspecified atom stereocenters. The molecule has 2 aromatic rings. The van der Waals surface area contributed by atoms with Crippen LogP contribution in [0.25, 0.3) is 10.9 Å². The van der Waals surface area contributed by atoms with Gasteiger partial charge >= 0.3 is 0 Å². The van der Waals surface area contributed by atoms with Crippen molar-refractivity contribution in [3.05, 3.63) is 30.0 Å². The molecule has 80 valence electrons. The van der Waals surface area contributed by atoms with Gasteiger partial charge in [-0.05, 0) is 18.2 Å². The predicted molar refractivity (Wildman–Crippen MR) is 63.9 cm³/mol. The van der Waals surface area contributed by atoms with Crippen molar-refractivity contribution in [2.45, 2.75) is 0 Å². The van der Waals surface area contributed by atoms with Gasteiger partial charge in [-0.25, -0.2) is 0 Å². The normalized spacial score (nSPS) is 9.94. The number of aromatic nitrogens is 1. The summed E-state index contributed by atoms with van der Waals surface area (Å²) >= 11 is 0. The lowest BCUT2D eigenvalue weighted by molar-refractivity contribution is 0.0960. The number of hydrogen-bond donors (Lipinski definition) is 3. The zero-order chi connectivity index (χ0) is 11.5. The number of anilines is 1. The van der Waals surface area contributed by atoms with Crippen LogP contribution in [0.4, 0.5) is 5.69 Å². The third-order valence-electron chi connectivity index (χ3n) is 2.30. The molecule has 4 nitrogen and oxygen atoms in total. The van der Waals surface area contributed by atoms with Crippen molar-refractivity contribution in [2.75, 3.05) is 12.3 Å². The van der Waals surface area contributed by atoms with Gasteiger partial charge in [0.25, 0.3) is 5.91 Å². The Morgan fingerprint density at radius 2 is 2.38 bits per heavy atom. The number of carbonyl (C=O) groups excluding carboxylic acids is 1.